The number of nitrogens with zero attached hydrogens (tertiary/aromatic N) is 2. The van der Waals surface area contributed by atoms with Gasteiger partial charge in [-0.1, -0.05) is 48.4 Å². The van der Waals surface area contributed by atoms with Crippen molar-refractivity contribution in [2.24, 2.45) is 0 Å². The second kappa shape index (κ2) is 6.37. The summed E-state index contributed by atoms with van der Waals surface area (Å²) in [6.45, 7) is 3.65. The molecule has 1 aromatic heterocycles. The molecule has 0 saturated carbocycles. The van der Waals surface area contributed by atoms with Crippen molar-refractivity contribution < 1.29 is 4.42 Å². The molecule has 0 unspecified atom stereocenters. The summed E-state index contributed by atoms with van der Waals surface area (Å²) in [7, 11) is 0. The van der Waals surface area contributed by atoms with Gasteiger partial charge in [-0.15, -0.1) is 5.10 Å². The molecule has 0 aliphatic heterocycles. The predicted molar refractivity (Wildman–Crippen MR) is 83.5 cm³/mol. The summed E-state index contributed by atoms with van der Waals surface area (Å²) in [5.74, 6) is 0.589. The van der Waals surface area contributed by atoms with Crippen LogP contribution in [0, 0.1) is 0 Å². The van der Waals surface area contributed by atoms with Crippen LogP contribution in [0.1, 0.15) is 19.2 Å². The molecule has 0 bridgehead atoms. The molecule has 5 nitrogen and oxygen atoms in total. The Kier molecular flexibility index (Phi) is 4.12. The number of benzene rings is 2. The highest BCUT2D eigenvalue weighted by atomic mass is 16.4. The number of hydrogen-bond acceptors (Lipinski definition) is 5. The zero-order valence-corrected chi connectivity index (χ0v) is 12.0. The molecule has 2 aromatic carbocycles. The standard InChI is InChI=1S/C16H18N4O/c1-2-10-17-11-15-19-20-16(21-15)18-14-9-5-7-12-6-3-4-8-13(12)14/h3-9,17H,2,10-11H2,1H3,(H,18,20). The van der Waals surface area contributed by atoms with Crippen molar-refractivity contribution in [2.45, 2.75) is 19.9 Å². The van der Waals surface area contributed by atoms with Gasteiger partial charge in [-0.3, -0.25) is 0 Å². The van der Waals surface area contributed by atoms with Gasteiger partial charge in [0.2, 0.25) is 5.89 Å². The fourth-order valence-electron chi connectivity index (χ4n) is 2.20. The molecular formula is C16H18N4O. The van der Waals surface area contributed by atoms with Crippen molar-refractivity contribution in [1.29, 1.82) is 0 Å². The number of nitrogens with one attached hydrogen (secondary N) is 2. The molecule has 0 aliphatic carbocycles. The minimum atomic E-state index is 0.416. The summed E-state index contributed by atoms with van der Waals surface area (Å²) in [5, 5.41) is 16.8. The Bertz CT molecular complexity index is 718. The van der Waals surface area contributed by atoms with E-state index in [1.807, 2.05) is 24.3 Å². The molecule has 2 N–H and O–H groups in total. The van der Waals surface area contributed by atoms with Gasteiger partial charge in [0.25, 0.3) is 0 Å². The van der Waals surface area contributed by atoms with Gasteiger partial charge in [0.1, 0.15) is 0 Å². The first-order chi connectivity index (χ1) is 10.4. The molecule has 0 saturated heterocycles. The largest absolute Gasteiger partial charge is 0.406 e. The van der Waals surface area contributed by atoms with Gasteiger partial charge in [-0.2, -0.15) is 0 Å². The lowest BCUT2D eigenvalue weighted by Crippen LogP contribution is -2.13. The highest BCUT2D eigenvalue weighted by molar-refractivity contribution is 5.94. The Labute approximate surface area is 123 Å². The monoisotopic (exact) mass is 282 g/mol. The van der Waals surface area contributed by atoms with Crippen molar-refractivity contribution in [3.8, 4) is 0 Å². The fraction of sp³-hybridized carbons (Fsp3) is 0.250. The summed E-state index contributed by atoms with van der Waals surface area (Å²) in [5.41, 5.74) is 0.963. The second-order valence-corrected chi connectivity index (χ2v) is 4.83. The molecule has 0 fully saturated rings. The van der Waals surface area contributed by atoms with Crippen LogP contribution in [0.3, 0.4) is 0 Å². The molecule has 0 amide bonds. The van der Waals surface area contributed by atoms with E-state index in [0.717, 1.165) is 24.0 Å². The van der Waals surface area contributed by atoms with Crippen LogP contribution in [-0.2, 0) is 6.54 Å². The smallest absolute Gasteiger partial charge is 0.320 e. The Morgan fingerprint density at radius 1 is 1.05 bits per heavy atom. The third-order valence-electron chi connectivity index (χ3n) is 3.20. The Hall–Kier alpha value is -2.40. The van der Waals surface area contributed by atoms with E-state index in [2.05, 4.69) is 46.0 Å². The number of fused-ring (bicyclic) bond motifs is 1. The lowest BCUT2D eigenvalue weighted by molar-refractivity contribution is 0.480. The van der Waals surface area contributed by atoms with Crippen LogP contribution in [0.5, 0.6) is 0 Å². The number of anilines is 2. The van der Waals surface area contributed by atoms with Crippen LogP contribution in [0.4, 0.5) is 11.7 Å². The lowest BCUT2D eigenvalue weighted by atomic mass is 10.1. The predicted octanol–water partition coefficient (Wildman–Crippen LogP) is 3.47. The maximum Gasteiger partial charge on any atom is 0.320 e. The third-order valence-corrected chi connectivity index (χ3v) is 3.20. The Morgan fingerprint density at radius 2 is 1.90 bits per heavy atom. The van der Waals surface area contributed by atoms with Gasteiger partial charge in [0.05, 0.1) is 12.2 Å². The van der Waals surface area contributed by atoms with Gasteiger partial charge in [0.15, 0.2) is 0 Å². The molecule has 5 heteroatoms. The van der Waals surface area contributed by atoms with Gasteiger partial charge in [-0.25, -0.2) is 0 Å². The van der Waals surface area contributed by atoms with Crippen LogP contribution >= 0.6 is 0 Å². The van der Waals surface area contributed by atoms with E-state index in [4.69, 9.17) is 4.42 Å². The van der Waals surface area contributed by atoms with Gasteiger partial charge >= 0.3 is 6.01 Å². The number of aromatic nitrogens is 2. The average Bonchev–Trinajstić information content (AvgIpc) is 2.96. The Morgan fingerprint density at radius 3 is 2.81 bits per heavy atom. The van der Waals surface area contributed by atoms with Crippen LogP contribution in [0.25, 0.3) is 10.8 Å². The molecule has 108 valence electrons. The minimum Gasteiger partial charge on any atom is -0.406 e. The Balaban J connectivity index is 1.76. The van der Waals surface area contributed by atoms with Crippen LogP contribution < -0.4 is 10.6 Å². The van der Waals surface area contributed by atoms with Gasteiger partial charge < -0.3 is 15.1 Å². The quantitative estimate of drug-likeness (QED) is 0.678. The van der Waals surface area contributed by atoms with E-state index in [1.54, 1.807) is 0 Å². The SMILES string of the molecule is CCCNCc1nnc(Nc2cccc3ccccc23)o1. The summed E-state index contributed by atoms with van der Waals surface area (Å²) in [6, 6.07) is 14.7. The molecule has 21 heavy (non-hydrogen) atoms. The summed E-state index contributed by atoms with van der Waals surface area (Å²) >= 11 is 0. The van der Waals surface area contributed by atoms with E-state index in [-0.39, 0.29) is 0 Å². The number of hydrogen-bond donors (Lipinski definition) is 2. The van der Waals surface area contributed by atoms with Gasteiger partial charge in [0, 0.05) is 5.39 Å². The van der Waals surface area contributed by atoms with Crippen LogP contribution in [0.2, 0.25) is 0 Å². The van der Waals surface area contributed by atoms with Crippen molar-refractivity contribution in [1.82, 2.24) is 15.5 Å². The molecular weight excluding hydrogens is 264 g/mol. The van der Waals surface area contributed by atoms with E-state index in [1.165, 1.54) is 5.39 Å². The molecule has 3 aromatic rings. The maximum atomic E-state index is 5.59. The highest BCUT2D eigenvalue weighted by Gasteiger charge is 2.07. The van der Waals surface area contributed by atoms with Crippen LogP contribution in [0.15, 0.2) is 46.9 Å². The van der Waals surface area contributed by atoms with Crippen molar-refractivity contribution in [2.75, 3.05) is 11.9 Å². The van der Waals surface area contributed by atoms with Crippen LogP contribution in [-0.4, -0.2) is 16.7 Å². The fourth-order valence-corrected chi connectivity index (χ4v) is 2.20. The number of rotatable bonds is 6. The summed E-state index contributed by atoms with van der Waals surface area (Å²) in [6.07, 6.45) is 1.08. The van der Waals surface area contributed by atoms with E-state index in [9.17, 15) is 0 Å². The van der Waals surface area contributed by atoms with Crippen molar-refractivity contribution >= 4 is 22.5 Å². The van der Waals surface area contributed by atoms with E-state index in [0.29, 0.717) is 18.5 Å². The summed E-state index contributed by atoms with van der Waals surface area (Å²) < 4.78 is 5.59. The molecule has 0 aliphatic rings. The highest BCUT2D eigenvalue weighted by Crippen LogP contribution is 2.25. The minimum absolute atomic E-state index is 0.416. The first-order valence-corrected chi connectivity index (χ1v) is 7.14. The zero-order chi connectivity index (χ0) is 14.5. The molecule has 1 heterocycles. The van der Waals surface area contributed by atoms with Crippen molar-refractivity contribution in [3.05, 3.63) is 48.4 Å². The average molecular weight is 282 g/mol. The lowest BCUT2D eigenvalue weighted by Gasteiger charge is -2.05. The molecule has 3 rings (SSSR count). The van der Waals surface area contributed by atoms with Crippen molar-refractivity contribution in [3.63, 3.8) is 0 Å². The maximum absolute atomic E-state index is 5.59. The van der Waals surface area contributed by atoms with E-state index >= 15 is 0 Å². The molecule has 0 radical (unpaired) electrons. The topological polar surface area (TPSA) is 63.0 Å². The zero-order valence-electron chi connectivity index (χ0n) is 12.0. The summed E-state index contributed by atoms with van der Waals surface area (Å²) in [4.78, 5) is 0. The molecule has 0 spiro atoms. The molecule has 0 atom stereocenters. The third kappa shape index (κ3) is 3.20. The normalized spacial score (nSPS) is 10.9. The van der Waals surface area contributed by atoms with E-state index < -0.39 is 0 Å². The second-order valence-electron chi connectivity index (χ2n) is 4.83. The first-order valence-electron chi connectivity index (χ1n) is 7.14. The first kappa shape index (κ1) is 13.6. The van der Waals surface area contributed by atoms with Gasteiger partial charge in [-0.05, 0) is 24.4 Å².